The Kier molecular flexibility index (Phi) is 10.1. The fourth-order valence-electron chi connectivity index (χ4n) is 3.41. The van der Waals surface area contributed by atoms with Crippen LogP contribution in [-0.4, -0.2) is 54.0 Å². The van der Waals surface area contributed by atoms with Crippen LogP contribution in [0.1, 0.15) is 52.0 Å². The summed E-state index contributed by atoms with van der Waals surface area (Å²) in [6.07, 6.45) is 6.21. The number of hydrogen-bond donors (Lipinski definition) is 2. The summed E-state index contributed by atoms with van der Waals surface area (Å²) in [5.41, 5.74) is 1.08. The Morgan fingerprint density at radius 1 is 1.30 bits per heavy atom. The lowest BCUT2D eigenvalue weighted by Crippen LogP contribution is -2.50. The van der Waals surface area contributed by atoms with Crippen LogP contribution in [0.15, 0.2) is 23.3 Å². The van der Waals surface area contributed by atoms with Gasteiger partial charge in [0.25, 0.3) is 0 Å². The van der Waals surface area contributed by atoms with Crippen LogP contribution < -0.4 is 15.4 Å². The summed E-state index contributed by atoms with van der Waals surface area (Å²) >= 11 is 0. The van der Waals surface area contributed by atoms with Gasteiger partial charge in [-0.05, 0) is 50.2 Å². The number of ether oxygens (including phenoxy) is 1. The second kappa shape index (κ2) is 12.3. The van der Waals surface area contributed by atoms with E-state index in [0.717, 1.165) is 50.6 Å². The molecule has 0 aromatic carbocycles. The number of nitrogens with zero attached hydrogens (tertiary/aromatic N) is 3. The molecule has 2 N–H and O–H groups in total. The Labute approximate surface area is 197 Å². The number of aliphatic imine (C=N–C) groups is 1. The van der Waals surface area contributed by atoms with Gasteiger partial charge in [0, 0.05) is 43.9 Å². The SMILES string of the molecule is CCNC(=NCc1ccnc(OCC2CC2)c1)NC1CCN(C(=O)C(C)C)CC1.I. The molecule has 8 heteroatoms. The number of rotatable bonds is 8. The molecule has 2 aliphatic rings. The molecule has 1 saturated carbocycles. The average Bonchev–Trinajstić information content (AvgIpc) is 3.55. The first-order valence-corrected chi connectivity index (χ1v) is 11.0. The third-order valence-corrected chi connectivity index (χ3v) is 5.37. The van der Waals surface area contributed by atoms with Crippen molar-refractivity contribution in [3.05, 3.63) is 23.9 Å². The van der Waals surface area contributed by atoms with Crippen molar-refractivity contribution in [2.45, 2.75) is 59.0 Å². The maximum Gasteiger partial charge on any atom is 0.225 e. The van der Waals surface area contributed by atoms with Gasteiger partial charge in [0.1, 0.15) is 0 Å². The lowest BCUT2D eigenvalue weighted by molar-refractivity contribution is -0.135. The lowest BCUT2D eigenvalue weighted by atomic mass is 10.0. The molecule has 0 atom stereocenters. The molecular weight excluding hydrogens is 493 g/mol. The highest BCUT2D eigenvalue weighted by Gasteiger charge is 2.24. The highest BCUT2D eigenvalue weighted by atomic mass is 127. The van der Waals surface area contributed by atoms with Crippen LogP contribution in [0.5, 0.6) is 5.88 Å². The van der Waals surface area contributed by atoms with E-state index in [0.29, 0.717) is 24.4 Å². The Balaban J connectivity index is 0.00000320. The first kappa shape index (κ1) is 24.7. The Morgan fingerprint density at radius 3 is 2.67 bits per heavy atom. The zero-order valence-corrected chi connectivity index (χ0v) is 20.7. The molecule has 0 bridgehead atoms. The summed E-state index contributed by atoms with van der Waals surface area (Å²) in [6, 6.07) is 4.29. The molecule has 1 amide bonds. The van der Waals surface area contributed by atoms with Crippen molar-refractivity contribution in [3.8, 4) is 5.88 Å². The molecule has 0 spiro atoms. The summed E-state index contributed by atoms with van der Waals surface area (Å²) in [5.74, 6) is 2.53. The first-order chi connectivity index (χ1) is 14.0. The number of likely N-dealkylation sites (tertiary alicyclic amines) is 1. The molecular formula is C22H36IN5O2. The minimum Gasteiger partial charge on any atom is -0.477 e. The van der Waals surface area contributed by atoms with Gasteiger partial charge in [-0.2, -0.15) is 0 Å². The number of pyridine rings is 1. The van der Waals surface area contributed by atoms with Crippen LogP contribution in [0.3, 0.4) is 0 Å². The van der Waals surface area contributed by atoms with Gasteiger partial charge in [-0.25, -0.2) is 9.98 Å². The predicted octanol–water partition coefficient (Wildman–Crippen LogP) is 3.19. The Hall–Kier alpha value is -1.58. The third-order valence-electron chi connectivity index (χ3n) is 5.37. The first-order valence-electron chi connectivity index (χ1n) is 11.0. The van der Waals surface area contributed by atoms with Crippen LogP contribution in [0, 0.1) is 11.8 Å². The minimum absolute atomic E-state index is 0. The van der Waals surface area contributed by atoms with Gasteiger partial charge in [0.15, 0.2) is 5.96 Å². The van der Waals surface area contributed by atoms with E-state index in [-0.39, 0.29) is 35.8 Å². The van der Waals surface area contributed by atoms with Crippen LogP contribution in [0.4, 0.5) is 0 Å². The van der Waals surface area contributed by atoms with Gasteiger partial charge in [0.05, 0.1) is 13.2 Å². The number of piperidine rings is 1. The van der Waals surface area contributed by atoms with E-state index in [4.69, 9.17) is 9.73 Å². The van der Waals surface area contributed by atoms with Gasteiger partial charge >= 0.3 is 0 Å². The van der Waals surface area contributed by atoms with Crippen molar-refractivity contribution >= 4 is 35.8 Å². The molecule has 0 radical (unpaired) electrons. The number of aromatic nitrogens is 1. The lowest BCUT2D eigenvalue weighted by Gasteiger charge is -2.34. The predicted molar refractivity (Wildman–Crippen MR) is 130 cm³/mol. The summed E-state index contributed by atoms with van der Waals surface area (Å²) in [4.78, 5) is 23.2. The molecule has 1 saturated heterocycles. The summed E-state index contributed by atoms with van der Waals surface area (Å²) in [6.45, 7) is 9.75. The van der Waals surface area contributed by atoms with Gasteiger partial charge in [-0.1, -0.05) is 13.8 Å². The molecule has 1 aliphatic carbocycles. The van der Waals surface area contributed by atoms with E-state index >= 15 is 0 Å². The molecule has 7 nitrogen and oxygen atoms in total. The molecule has 1 aliphatic heterocycles. The Bertz CT molecular complexity index is 701. The van der Waals surface area contributed by atoms with Gasteiger partial charge in [-0.15, -0.1) is 24.0 Å². The monoisotopic (exact) mass is 529 g/mol. The van der Waals surface area contributed by atoms with Crippen molar-refractivity contribution in [2.24, 2.45) is 16.8 Å². The van der Waals surface area contributed by atoms with Gasteiger partial charge in [0.2, 0.25) is 11.8 Å². The number of carbonyl (C=O) groups is 1. The smallest absolute Gasteiger partial charge is 0.225 e. The fourth-order valence-corrected chi connectivity index (χ4v) is 3.41. The average molecular weight is 529 g/mol. The van der Waals surface area contributed by atoms with Crippen molar-refractivity contribution in [1.29, 1.82) is 0 Å². The van der Waals surface area contributed by atoms with Gasteiger partial charge in [-0.3, -0.25) is 4.79 Å². The fraction of sp³-hybridized carbons (Fsp3) is 0.682. The van der Waals surface area contributed by atoms with Crippen molar-refractivity contribution < 1.29 is 9.53 Å². The third kappa shape index (κ3) is 7.92. The number of guanidine groups is 1. The molecule has 1 aromatic heterocycles. The van der Waals surface area contributed by atoms with E-state index in [1.807, 2.05) is 30.9 Å². The zero-order valence-electron chi connectivity index (χ0n) is 18.4. The minimum atomic E-state index is 0. The second-order valence-corrected chi connectivity index (χ2v) is 8.35. The highest BCUT2D eigenvalue weighted by Crippen LogP contribution is 2.29. The van der Waals surface area contributed by atoms with Crippen molar-refractivity contribution in [1.82, 2.24) is 20.5 Å². The van der Waals surface area contributed by atoms with Crippen molar-refractivity contribution in [3.63, 3.8) is 0 Å². The largest absolute Gasteiger partial charge is 0.477 e. The standard InChI is InChI=1S/C22H35N5O2.HI/c1-4-23-22(26-19-8-11-27(12-9-19)21(28)16(2)3)25-14-18-7-10-24-20(13-18)29-15-17-5-6-17;/h7,10,13,16-17,19H,4-6,8-9,11-12,14-15H2,1-3H3,(H2,23,25,26);1H. The number of halogens is 1. The molecule has 2 fully saturated rings. The second-order valence-electron chi connectivity index (χ2n) is 8.35. The maximum atomic E-state index is 12.2. The topological polar surface area (TPSA) is 78.9 Å². The molecule has 30 heavy (non-hydrogen) atoms. The van der Waals surface area contributed by atoms with E-state index < -0.39 is 0 Å². The highest BCUT2D eigenvalue weighted by molar-refractivity contribution is 14.0. The summed E-state index contributed by atoms with van der Waals surface area (Å²) in [7, 11) is 0. The zero-order chi connectivity index (χ0) is 20.6. The normalized spacial score (nSPS) is 17.5. The molecule has 3 rings (SSSR count). The van der Waals surface area contributed by atoms with Crippen LogP contribution in [-0.2, 0) is 11.3 Å². The van der Waals surface area contributed by atoms with Crippen LogP contribution >= 0.6 is 24.0 Å². The van der Waals surface area contributed by atoms with Crippen LogP contribution in [0.25, 0.3) is 0 Å². The molecule has 168 valence electrons. The number of amides is 1. The summed E-state index contributed by atoms with van der Waals surface area (Å²) in [5, 5.41) is 6.86. The van der Waals surface area contributed by atoms with E-state index in [9.17, 15) is 4.79 Å². The molecule has 0 unspecified atom stereocenters. The maximum absolute atomic E-state index is 12.2. The summed E-state index contributed by atoms with van der Waals surface area (Å²) < 4.78 is 5.77. The number of hydrogen-bond acceptors (Lipinski definition) is 4. The number of carbonyl (C=O) groups excluding carboxylic acids is 1. The van der Waals surface area contributed by atoms with Gasteiger partial charge < -0.3 is 20.3 Å². The molecule has 1 aromatic rings. The van der Waals surface area contributed by atoms with E-state index in [1.165, 1.54) is 12.8 Å². The van der Waals surface area contributed by atoms with E-state index in [2.05, 4.69) is 22.5 Å². The van der Waals surface area contributed by atoms with Crippen molar-refractivity contribution in [2.75, 3.05) is 26.2 Å². The van der Waals surface area contributed by atoms with E-state index in [1.54, 1.807) is 6.20 Å². The number of nitrogens with one attached hydrogen (secondary N) is 2. The quantitative estimate of drug-likeness (QED) is 0.307. The van der Waals surface area contributed by atoms with Crippen LogP contribution in [0.2, 0.25) is 0 Å². The molecule has 2 heterocycles. The Morgan fingerprint density at radius 2 is 2.03 bits per heavy atom.